The third kappa shape index (κ3) is 5.73. The Bertz CT molecular complexity index is 416. The van der Waals surface area contributed by atoms with Crippen molar-refractivity contribution in [3.8, 4) is 0 Å². The number of alkyl halides is 2. The van der Waals surface area contributed by atoms with Crippen molar-refractivity contribution in [2.45, 2.75) is 32.9 Å². The van der Waals surface area contributed by atoms with Gasteiger partial charge in [0, 0.05) is 29.3 Å². The largest absolute Gasteiger partial charge is 0.395 e. The number of aliphatic hydroxyl groups is 1. The highest BCUT2D eigenvalue weighted by atomic mass is 79.9. The Kier molecular flexibility index (Phi) is 7.40. The summed E-state index contributed by atoms with van der Waals surface area (Å²) in [5.41, 5.74) is 1.66. The summed E-state index contributed by atoms with van der Waals surface area (Å²) in [4.78, 5) is 1.52. The molecule has 1 aromatic rings. The van der Waals surface area contributed by atoms with E-state index in [4.69, 9.17) is 5.11 Å². The van der Waals surface area contributed by atoms with Gasteiger partial charge < -0.3 is 15.3 Å². The molecule has 0 unspecified atom stereocenters. The number of benzene rings is 1. The van der Waals surface area contributed by atoms with Crippen LogP contribution in [0.5, 0.6) is 0 Å². The number of nitrogens with one attached hydrogen (secondary N) is 1. The summed E-state index contributed by atoms with van der Waals surface area (Å²) in [5, 5.41) is 12.3. The lowest BCUT2D eigenvalue weighted by Gasteiger charge is -2.26. The van der Waals surface area contributed by atoms with Crippen molar-refractivity contribution in [1.82, 2.24) is 5.32 Å². The molecule has 0 heterocycles. The van der Waals surface area contributed by atoms with Crippen LogP contribution in [0.4, 0.5) is 14.5 Å². The number of hydrogen-bond acceptors (Lipinski definition) is 3. The van der Waals surface area contributed by atoms with Gasteiger partial charge in [-0.05, 0) is 23.8 Å². The van der Waals surface area contributed by atoms with Crippen LogP contribution in [0.25, 0.3) is 0 Å². The van der Waals surface area contributed by atoms with E-state index in [0.717, 1.165) is 15.7 Å². The van der Waals surface area contributed by atoms with Crippen LogP contribution >= 0.6 is 15.9 Å². The molecule has 0 atom stereocenters. The molecule has 2 N–H and O–H groups in total. The lowest BCUT2D eigenvalue weighted by atomic mass is 10.1. The fourth-order valence-electron chi connectivity index (χ4n) is 1.92. The van der Waals surface area contributed by atoms with E-state index in [1.807, 2.05) is 26.0 Å². The summed E-state index contributed by atoms with van der Waals surface area (Å²) in [6, 6.07) is 5.85. The van der Waals surface area contributed by atoms with E-state index in [0.29, 0.717) is 12.6 Å². The molecule has 3 nitrogen and oxygen atoms in total. The van der Waals surface area contributed by atoms with Crippen LogP contribution in [0, 0.1) is 0 Å². The highest BCUT2D eigenvalue weighted by Gasteiger charge is 2.16. The van der Waals surface area contributed by atoms with Crippen molar-refractivity contribution in [1.29, 1.82) is 0 Å². The van der Waals surface area contributed by atoms with E-state index in [1.165, 1.54) is 4.90 Å². The maximum Gasteiger partial charge on any atom is 0.255 e. The molecule has 0 aliphatic rings. The zero-order valence-corrected chi connectivity index (χ0v) is 13.3. The van der Waals surface area contributed by atoms with Crippen LogP contribution in [0.2, 0.25) is 0 Å². The van der Waals surface area contributed by atoms with Crippen LogP contribution in [0.3, 0.4) is 0 Å². The smallest absolute Gasteiger partial charge is 0.255 e. The van der Waals surface area contributed by atoms with Gasteiger partial charge in [0.2, 0.25) is 0 Å². The molecule has 1 aromatic carbocycles. The molecule has 0 aromatic heterocycles. The normalized spacial score (nSPS) is 11.4. The average Bonchev–Trinajstić information content (AvgIpc) is 2.35. The predicted octanol–water partition coefficient (Wildman–Crippen LogP) is 3.01. The van der Waals surface area contributed by atoms with E-state index in [2.05, 4.69) is 21.2 Å². The minimum atomic E-state index is -2.43. The molecule has 0 amide bonds. The second kappa shape index (κ2) is 8.54. The van der Waals surface area contributed by atoms with E-state index < -0.39 is 6.43 Å². The fourth-order valence-corrected chi connectivity index (χ4v) is 2.32. The Labute approximate surface area is 127 Å². The van der Waals surface area contributed by atoms with Crippen LogP contribution in [0.1, 0.15) is 19.4 Å². The first-order valence-corrected chi connectivity index (χ1v) is 7.39. The van der Waals surface area contributed by atoms with Crippen LogP contribution in [-0.4, -0.2) is 37.3 Å². The predicted molar refractivity (Wildman–Crippen MR) is 81.4 cm³/mol. The molecular weight excluding hydrogens is 330 g/mol. The van der Waals surface area contributed by atoms with Crippen LogP contribution in [0.15, 0.2) is 22.7 Å². The Morgan fingerprint density at radius 3 is 2.60 bits per heavy atom. The Morgan fingerprint density at radius 2 is 2.05 bits per heavy atom. The Morgan fingerprint density at radius 1 is 1.35 bits per heavy atom. The second-order valence-corrected chi connectivity index (χ2v) is 5.79. The van der Waals surface area contributed by atoms with Crippen molar-refractivity contribution in [3.05, 3.63) is 28.2 Å². The minimum absolute atomic E-state index is 0.153. The summed E-state index contributed by atoms with van der Waals surface area (Å²) >= 11 is 3.40. The number of nitrogens with zero attached hydrogens (tertiary/aromatic N) is 1. The maximum absolute atomic E-state index is 12.7. The first-order chi connectivity index (χ1) is 9.43. The third-order valence-corrected chi connectivity index (χ3v) is 3.30. The van der Waals surface area contributed by atoms with Gasteiger partial charge in [-0.1, -0.05) is 29.8 Å². The molecule has 6 heteroatoms. The number of anilines is 1. The van der Waals surface area contributed by atoms with Crippen molar-refractivity contribution in [3.63, 3.8) is 0 Å². The van der Waals surface area contributed by atoms with E-state index in [-0.39, 0.29) is 19.7 Å². The molecule has 0 spiro atoms. The zero-order chi connectivity index (χ0) is 15.1. The number of rotatable bonds is 8. The standard InChI is InChI=1S/C14H21BrF2N2O/c1-10(2)18-8-11-7-12(15)3-4-13(11)19(5-6-20)9-14(16)17/h3-4,7,10,14,18,20H,5-6,8-9H2,1-2H3. The highest BCUT2D eigenvalue weighted by Crippen LogP contribution is 2.25. The van der Waals surface area contributed by atoms with E-state index >= 15 is 0 Å². The quantitative estimate of drug-likeness (QED) is 0.756. The molecule has 0 saturated heterocycles. The van der Waals surface area contributed by atoms with Gasteiger partial charge in [-0.3, -0.25) is 0 Å². The molecule has 0 radical (unpaired) electrons. The molecule has 20 heavy (non-hydrogen) atoms. The molecule has 0 saturated carbocycles. The van der Waals surface area contributed by atoms with Crippen molar-refractivity contribution in [2.75, 3.05) is 24.6 Å². The Balaban J connectivity index is 2.99. The number of halogens is 3. The van der Waals surface area contributed by atoms with Gasteiger partial charge in [-0.25, -0.2) is 8.78 Å². The highest BCUT2D eigenvalue weighted by molar-refractivity contribution is 9.10. The van der Waals surface area contributed by atoms with Gasteiger partial charge in [0.15, 0.2) is 0 Å². The van der Waals surface area contributed by atoms with Gasteiger partial charge in [0.25, 0.3) is 6.43 Å². The monoisotopic (exact) mass is 350 g/mol. The van der Waals surface area contributed by atoms with Crippen LogP contribution in [-0.2, 0) is 6.54 Å². The number of aliphatic hydroxyl groups excluding tert-OH is 1. The second-order valence-electron chi connectivity index (χ2n) is 4.87. The first-order valence-electron chi connectivity index (χ1n) is 6.59. The van der Waals surface area contributed by atoms with E-state index in [9.17, 15) is 8.78 Å². The van der Waals surface area contributed by atoms with E-state index in [1.54, 1.807) is 6.07 Å². The van der Waals surface area contributed by atoms with Gasteiger partial charge >= 0.3 is 0 Å². The SMILES string of the molecule is CC(C)NCc1cc(Br)ccc1N(CCO)CC(F)F. The molecule has 0 fully saturated rings. The topological polar surface area (TPSA) is 35.5 Å². The molecule has 0 aliphatic carbocycles. The first kappa shape index (κ1) is 17.3. The van der Waals surface area contributed by atoms with Crippen molar-refractivity contribution in [2.24, 2.45) is 0 Å². The third-order valence-electron chi connectivity index (χ3n) is 2.81. The summed E-state index contributed by atoms with van der Waals surface area (Å²) in [6.07, 6.45) is -2.43. The maximum atomic E-state index is 12.7. The summed E-state index contributed by atoms with van der Waals surface area (Å²) in [7, 11) is 0. The number of hydrogen-bond donors (Lipinski definition) is 2. The lowest BCUT2D eigenvalue weighted by molar-refractivity contribution is 0.152. The van der Waals surface area contributed by atoms with Gasteiger partial charge in [-0.2, -0.15) is 0 Å². The van der Waals surface area contributed by atoms with Crippen molar-refractivity contribution >= 4 is 21.6 Å². The summed E-state index contributed by atoms with van der Waals surface area (Å²) < 4.78 is 26.2. The average molecular weight is 351 g/mol. The van der Waals surface area contributed by atoms with Crippen molar-refractivity contribution < 1.29 is 13.9 Å². The zero-order valence-electron chi connectivity index (χ0n) is 11.7. The molecule has 114 valence electrons. The Hall–Kier alpha value is -0.720. The molecular formula is C14H21BrF2N2O. The molecule has 0 bridgehead atoms. The fraction of sp³-hybridized carbons (Fsp3) is 0.571. The van der Waals surface area contributed by atoms with Gasteiger partial charge in [-0.15, -0.1) is 0 Å². The van der Waals surface area contributed by atoms with Crippen LogP contribution < -0.4 is 10.2 Å². The van der Waals surface area contributed by atoms with Gasteiger partial charge in [0.1, 0.15) is 0 Å². The molecule has 0 aliphatic heterocycles. The molecule has 1 rings (SSSR count). The van der Waals surface area contributed by atoms with Gasteiger partial charge in [0.05, 0.1) is 13.2 Å². The minimum Gasteiger partial charge on any atom is -0.395 e. The summed E-state index contributed by atoms with van der Waals surface area (Å²) in [6.45, 7) is 4.32. The summed E-state index contributed by atoms with van der Waals surface area (Å²) in [5.74, 6) is 0. The lowest BCUT2D eigenvalue weighted by Crippen LogP contribution is -2.33.